The van der Waals surface area contributed by atoms with Crippen molar-refractivity contribution in [1.82, 2.24) is 19.9 Å². The second-order valence-corrected chi connectivity index (χ2v) is 11.3. The Bertz CT molecular complexity index is 2170. The molecule has 3 heterocycles. The Morgan fingerprint density at radius 2 is 1.90 bits per heavy atom. The summed E-state index contributed by atoms with van der Waals surface area (Å²) in [5.74, 6) is 3.10. The van der Waals surface area contributed by atoms with Gasteiger partial charge in [0.25, 0.3) is 0 Å². The van der Waals surface area contributed by atoms with Crippen LogP contribution in [0, 0.1) is 34.7 Å². The first-order chi connectivity index (χ1) is 23.7. The first-order valence-corrected chi connectivity index (χ1v) is 15.3. The number of hydrogen-bond acceptors (Lipinski definition) is 7. The number of carbonyl (C=O) groups is 1. The van der Waals surface area contributed by atoms with E-state index >= 15 is 8.78 Å². The summed E-state index contributed by atoms with van der Waals surface area (Å²) in [5, 5.41) is 19.6. The van der Waals surface area contributed by atoms with E-state index in [0.29, 0.717) is 41.1 Å². The molecule has 0 amide bonds. The van der Waals surface area contributed by atoms with Gasteiger partial charge in [-0.25, -0.2) is 27.9 Å². The second-order valence-electron chi connectivity index (χ2n) is 11.3. The van der Waals surface area contributed by atoms with E-state index in [1.165, 1.54) is 36.4 Å². The van der Waals surface area contributed by atoms with Crippen LogP contribution >= 0.6 is 0 Å². The molecule has 248 valence electrons. The summed E-state index contributed by atoms with van der Waals surface area (Å²) in [7, 11) is 1.69. The van der Waals surface area contributed by atoms with Crippen LogP contribution in [0.3, 0.4) is 0 Å². The van der Waals surface area contributed by atoms with Crippen LogP contribution in [0.15, 0.2) is 78.5 Å². The molecule has 0 saturated carbocycles. The number of aromatic nitrogens is 3. The Labute approximate surface area is 279 Å². The fourth-order valence-corrected chi connectivity index (χ4v) is 5.32. The molecule has 9 nitrogen and oxygen atoms in total. The van der Waals surface area contributed by atoms with E-state index < -0.39 is 23.4 Å². The summed E-state index contributed by atoms with van der Waals surface area (Å²) in [4.78, 5) is 20.5. The van der Waals surface area contributed by atoms with E-state index in [4.69, 9.17) is 14.9 Å². The minimum Gasteiger partial charge on any atom is -0.478 e. The first kappa shape index (κ1) is 33.0. The van der Waals surface area contributed by atoms with Crippen LogP contribution in [0.2, 0.25) is 0 Å². The third-order valence-corrected chi connectivity index (χ3v) is 7.97. The number of carboxylic acid groups (broad SMARTS) is 1. The Balaban J connectivity index is 1.20. The number of pyridine rings is 1. The third kappa shape index (κ3) is 7.47. The molecule has 2 aromatic heterocycles. The van der Waals surface area contributed by atoms with Crippen molar-refractivity contribution < 1.29 is 32.5 Å². The van der Waals surface area contributed by atoms with E-state index in [1.807, 2.05) is 0 Å². The number of hydrogen-bond donors (Lipinski definition) is 3. The number of rotatable bonds is 11. The molecule has 1 aliphatic rings. The maximum Gasteiger partial charge on any atom is 0.335 e. The van der Waals surface area contributed by atoms with Crippen molar-refractivity contribution in [1.29, 1.82) is 5.41 Å². The van der Waals surface area contributed by atoms with Crippen molar-refractivity contribution in [3.8, 4) is 29.0 Å². The fourth-order valence-electron chi connectivity index (χ4n) is 5.32. The predicted octanol–water partition coefficient (Wildman–Crippen LogP) is 6.28. The molecule has 0 radical (unpaired) electrons. The lowest BCUT2D eigenvalue weighted by Gasteiger charge is -2.27. The highest BCUT2D eigenvalue weighted by Gasteiger charge is 2.24. The molecule has 0 bridgehead atoms. The van der Waals surface area contributed by atoms with Crippen LogP contribution in [0.1, 0.15) is 39.3 Å². The van der Waals surface area contributed by atoms with Crippen LogP contribution < -0.4 is 10.1 Å². The van der Waals surface area contributed by atoms with Crippen LogP contribution in [-0.4, -0.2) is 51.6 Å². The van der Waals surface area contributed by atoms with Crippen molar-refractivity contribution in [3.63, 3.8) is 0 Å². The molecule has 0 unspecified atom stereocenters. The normalized spacial score (nSPS) is 14.1. The van der Waals surface area contributed by atoms with Gasteiger partial charge in [-0.2, -0.15) is 0 Å². The van der Waals surface area contributed by atoms with Gasteiger partial charge in [-0.15, -0.1) is 0 Å². The highest BCUT2D eigenvalue weighted by Crippen LogP contribution is 2.29. The van der Waals surface area contributed by atoms with Crippen LogP contribution in [0.25, 0.3) is 22.3 Å². The Hall–Kier alpha value is -5.93. The molecule has 3 aromatic carbocycles. The largest absolute Gasteiger partial charge is 0.478 e. The molecule has 5 aromatic rings. The third-order valence-electron chi connectivity index (χ3n) is 7.97. The molecular formula is C37H30F3N5O4. The molecule has 0 spiro atoms. The smallest absolute Gasteiger partial charge is 0.335 e. The lowest BCUT2D eigenvalue weighted by molar-refractivity contribution is -0.0589. The van der Waals surface area contributed by atoms with Gasteiger partial charge >= 0.3 is 5.97 Å². The summed E-state index contributed by atoms with van der Waals surface area (Å²) in [6, 6.07) is 15.8. The van der Waals surface area contributed by atoms with Gasteiger partial charge in [-0.3, -0.25) is 0 Å². The van der Waals surface area contributed by atoms with Gasteiger partial charge in [0.2, 0.25) is 5.88 Å². The van der Waals surface area contributed by atoms with Gasteiger partial charge in [-0.05, 0) is 60.5 Å². The number of nitrogens with one attached hydrogen (secondary N) is 2. The van der Waals surface area contributed by atoms with E-state index in [0.717, 1.165) is 24.8 Å². The molecular weight excluding hydrogens is 635 g/mol. The Kier molecular flexibility index (Phi) is 9.73. The molecule has 6 rings (SSSR count). The Morgan fingerprint density at radius 1 is 1.08 bits per heavy atom. The molecule has 1 fully saturated rings. The monoisotopic (exact) mass is 665 g/mol. The van der Waals surface area contributed by atoms with E-state index in [2.05, 4.69) is 27.1 Å². The van der Waals surface area contributed by atoms with Gasteiger partial charge in [0.15, 0.2) is 0 Å². The molecule has 0 aliphatic carbocycles. The minimum absolute atomic E-state index is 0.0458. The van der Waals surface area contributed by atoms with Crippen molar-refractivity contribution in [2.75, 3.05) is 13.7 Å². The zero-order chi connectivity index (χ0) is 34.5. The lowest BCUT2D eigenvalue weighted by Crippen LogP contribution is -2.31. The predicted molar refractivity (Wildman–Crippen MR) is 177 cm³/mol. The average molecular weight is 666 g/mol. The van der Waals surface area contributed by atoms with Gasteiger partial charge in [0.1, 0.15) is 29.9 Å². The first-order valence-electron chi connectivity index (χ1n) is 15.3. The van der Waals surface area contributed by atoms with Crippen molar-refractivity contribution in [2.24, 2.45) is 0 Å². The highest BCUT2D eigenvalue weighted by atomic mass is 19.1. The number of allylic oxidation sites excluding steroid dienone is 1. The molecule has 1 atom stereocenters. The molecule has 3 N–H and O–H groups in total. The summed E-state index contributed by atoms with van der Waals surface area (Å²) in [6.07, 6.45) is 3.34. The minimum atomic E-state index is -1.08. The van der Waals surface area contributed by atoms with Gasteiger partial charge < -0.3 is 29.9 Å². The van der Waals surface area contributed by atoms with Gasteiger partial charge in [0, 0.05) is 55.2 Å². The molecule has 12 heteroatoms. The molecule has 1 saturated heterocycles. The average Bonchev–Trinajstić information content (AvgIpc) is 3.41. The summed E-state index contributed by atoms with van der Waals surface area (Å²) < 4.78 is 59.0. The highest BCUT2D eigenvalue weighted by molar-refractivity contribution is 5.92. The quantitative estimate of drug-likeness (QED) is 0.112. The second kappa shape index (κ2) is 14.5. The van der Waals surface area contributed by atoms with E-state index in [-0.39, 0.29) is 53.0 Å². The number of nitrogens with zero attached hydrogens (tertiary/aromatic N) is 3. The number of fused-ring (bicyclic) bond motifs is 1. The van der Waals surface area contributed by atoms with Crippen molar-refractivity contribution >= 4 is 23.2 Å². The molecule has 49 heavy (non-hydrogen) atoms. The van der Waals surface area contributed by atoms with Crippen molar-refractivity contribution in [2.45, 2.75) is 32.1 Å². The number of halogens is 3. The number of aromatic carboxylic acids is 1. The molecule has 1 aliphatic heterocycles. The summed E-state index contributed by atoms with van der Waals surface area (Å²) in [6.45, 7) is 0.854. The lowest BCUT2D eigenvalue weighted by atomic mass is 10.0. The van der Waals surface area contributed by atoms with Gasteiger partial charge in [-0.1, -0.05) is 24.0 Å². The fraction of sp³-hybridized carbons (Fsp3) is 0.189. The number of carboxylic acids is 1. The Morgan fingerprint density at radius 3 is 2.61 bits per heavy atom. The van der Waals surface area contributed by atoms with Crippen LogP contribution in [0.5, 0.6) is 5.88 Å². The standard InChI is InChI=1S/C37H30F3N5O4/c1-42-19-23(18-41)6-5-22-7-8-25(29(38)13-22)21-49-36-4-2-3-32(44-36)28-17-30(39)26(14-31(28)40)16-35-43-33-10-9-24(37(46)47)15-34(33)45(35)20-27-11-12-48-27/h2-4,7-10,13-15,17-19,27,41-42H,11-12,16,20-21H2,1H3,(H,46,47)/b23-19-,41-18?/t27-/m0/s1. The number of imidazole rings is 1. The summed E-state index contributed by atoms with van der Waals surface area (Å²) in [5.41, 5.74) is 2.40. The van der Waals surface area contributed by atoms with E-state index in [9.17, 15) is 14.3 Å². The zero-order valence-electron chi connectivity index (χ0n) is 26.3. The SMILES string of the molecule is CN/C=C(/C#Cc1ccc(COc2cccc(-c3cc(F)c(Cc4nc5ccc(C(=O)O)cc5n4C[C@@H]4CCO4)cc3F)n2)c(F)c1)C=N. The van der Waals surface area contributed by atoms with Gasteiger partial charge in [0.05, 0.1) is 40.5 Å². The maximum absolute atomic E-state index is 15.6. The maximum atomic E-state index is 15.6. The zero-order valence-corrected chi connectivity index (χ0v) is 26.3. The van der Waals surface area contributed by atoms with Crippen molar-refractivity contribution in [3.05, 3.63) is 124 Å². The van der Waals surface area contributed by atoms with E-state index in [1.54, 1.807) is 36.0 Å². The summed E-state index contributed by atoms with van der Waals surface area (Å²) >= 11 is 0. The topological polar surface area (TPSA) is 122 Å². The van der Waals surface area contributed by atoms with Crippen LogP contribution in [-0.2, 0) is 24.3 Å². The number of benzene rings is 3. The number of ether oxygens (including phenoxy) is 2. The van der Waals surface area contributed by atoms with Crippen LogP contribution in [0.4, 0.5) is 13.2 Å².